The van der Waals surface area contributed by atoms with Crippen molar-refractivity contribution in [3.8, 4) is 0 Å². The van der Waals surface area contributed by atoms with E-state index in [0.29, 0.717) is 18.6 Å². The van der Waals surface area contributed by atoms with Gasteiger partial charge in [0.1, 0.15) is 6.29 Å². The molecule has 0 heterocycles. The average Bonchev–Trinajstić information content (AvgIpc) is 3.15. The zero-order valence-electron chi connectivity index (χ0n) is 21.1. The lowest BCUT2D eigenvalue weighted by Crippen LogP contribution is -2.36. The highest BCUT2D eigenvalue weighted by molar-refractivity contribution is 5.78. The summed E-state index contributed by atoms with van der Waals surface area (Å²) in [5.41, 5.74) is 9.63. The Kier molecular flexibility index (Phi) is 9.10. The summed E-state index contributed by atoms with van der Waals surface area (Å²) in [7, 11) is 1.68. The molecule has 4 heteroatoms. The Morgan fingerprint density at radius 3 is 2.52 bits per heavy atom. The molecule has 0 aromatic heterocycles. The maximum Gasteiger partial charge on any atom is 0.150 e. The summed E-state index contributed by atoms with van der Waals surface area (Å²) in [4.78, 5) is 13.8. The van der Waals surface area contributed by atoms with Crippen molar-refractivity contribution in [2.45, 2.75) is 78.4 Å². The largest absolute Gasteiger partial charge is 0.380 e. The van der Waals surface area contributed by atoms with E-state index in [0.717, 1.165) is 49.8 Å². The molecule has 0 saturated heterocycles. The quantitative estimate of drug-likeness (QED) is 0.413. The Bertz CT molecular complexity index is 906. The summed E-state index contributed by atoms with van der Waals surface area (Å²) < 4.78 is 5.31. The molecule has 0 aliphatic heterocycles. The van der Waals surface area contributed by atoms with Crippen LogP contribution in [0.4, 0.5) is 0 Å². The molecule has 0 bridgehead atoms. The van der Waals surface area contributed by atoms with Crippen molar-refractivity contribution in [2.75, 3.05) is 20.2 Å². The van der Waals surface area contributed by atoms with Crippen LogP contribution in [0.25, 0.3) is 0 Å². The highest BCUT2D eigenvalue weighted by atomic mass is 16.5. The van der Waals surface area contributed by atoms with Gasteiger partial charge in [-0.1, -0.05) is 30.9 Å². The summed E-state index contributed by atoms with van der Waals surface area (Å²) in [6.07, 6.45) is 8.88. The highest BCUT2D eigenvalue weighted by Crippen LogP contribution is 2.38. The second-order valence-electron chi connectivity index (χ2n) is 9.63. The van der Waals surface area contributed by atoms with Crippen LogP contribution in [-0.2, 0) is 17.8 Å². The fraction of sp³-hybridized carbons (Fsp3) is 0.552. The van der Waals surface area contributed by atoms with Gasteiger partial charge in [0.15, 0.2) is 0 Å². The fourth-order valence-corrected chi connectivity index (χ4v) is 5.56. The van der Waals surface area contributed by atoms with Crippen LogP contribution < -0.4 is 5.32 Å². The van der Waals surface area contributed by atoms with Gasteiger partial charge in [-0.3, -0.25) is 4.79 Å². The Hall–Kier alpha value is -2.17. The second-order valence-corrected chi connectivity index (χ2v) is 9.63. The van der Waals surface area contributed by atoms with Crippen molar-refractivity contribution in [3.63, 3.8) is 0 Å². The van der Waals surface area contributed by atoms with Crippen LogP contribution in [-0.4, -0.2) is 37.4 Å². The van der Waals surface area contributed by atoms with Crippen molar-refractivity contribution in [2.24, 2.45) is 5.92 Å². The monoisotopic (exact) mass is 450 g/mol. The summed E-state index contributed by atoms with van der Waals surface area (Å²) in [6, 6.07) is 4.59. The predicted molar refractivity (Wildman–Crippen MR) is 137 cm³/mol. The van der Waals surface area contributed by atoms with E-state index in [2.05, 4.69) is 50.2 Å². The zero-order chi connectivity index (χ0) is 24.0. The Morgan fingerprint density at radius 2 is 1.94 bits per heavy atom. The van der Waals surface area contributed by atoms with Gasteiger partial charge in [0.25, 0.3) is 0 Å². The van der Waals surface area contributed by atoms with Gasteiger partial charge in [0, 0.05) is 36.7 Å². The lowest BCUT2D eigenvalue weighted by atomic mass is 9.83. The molecule has 3 rings (SSSR count). The number of ether oxygens (including phenoxy) is 1. The normalized spacial score (nSPS) is 20.9. The van der Waals surface area contributed by atoms with Crippen LogP contribution in [0.3, 0.4) is 0 Å². The fourth-order valence-electron chi connectivity index (χ4n) is 5.56. The number of aldehydes is 1. The smallest absolute Gasteiger partial charge is 0.150 e. The van der Waals surface area contributed by atoms with Crippen molar-refractivity contribution < 1.29 is 9.53 Å². The first kappa shape index (κ1) is 25.5. The standard InChI is InChI=1S/C29H42N2O2/c1-7-31(29-15-8-20(2)21(29)3)23(5)25-11-13-27(14-12-25)30-17-16-24-9-10-26(18-32)28(19-33-6)22(24)4/h9-10,18,25,27,30H,2,5,7-8,11-17,19H2,1,3-4,6H3. The van der Waals surface area contributed by atoms with E-state index < -0.39 is 0 Å². The molecule has 0 unspecified atom stereocenters. The molecule has 0 atom stereocenters. The lowest BCUT2D eigenvalue weighted by molar-refractivity contribution is 0.111. The molecule has 1 saturated carbocycles. The molecule has 33 heavy (non-hydrogen) atoms. The lowest BCUT2D eigenvalue weighted by Gasteiger charge is -2.36. The van der Waals surface area contributed by atoms with Gasteiger partial charge in [0.05, 0.1) is 6.61 Å². The van der Waals surface area contributed by atoms with Gasteiger partial charge in [-0.05, 0) is 100 Å². The molecule has 1 aromatic rings. The number of methoxy groups -OCH3 is 1. The third-order valence-electron chi connectivity index (χ3n) is 7.80. The van der Waals surface area contributed by atoms with Crippen molar-refractivity contribution in [1.82, 2.24) is 10.2 Å². The molecule has 0 spiro atoms. The highest BCUT2D eigenvalue weighted by Gasteiger charge is 2.28. The van der Waals surface area contributed by atoms with E-state index in [9.17, 15) is 4.79 Å². The Balaban J connectivity index is 1.50. The van der Waals surface area contributed by atoms with Crippen LogP contribution >= 0.6 is 0 Å². The molecule has 4 nitrogen and oxygen atoms in total. The first-order chi connectivity index (χ1) is 15.9. The molecule has 1 aromatic carbocycles. The molecule has 2 aliphatic rings. The van der Waals surface area contributed by atoms with Crippen molar-refractivity contribution in [1.29, 1.82) is 0 Å². The van der Waals surface area contributed by atoms with Crippen LogP contribution in [0.2, 0.25) is 0 Å². The van der Waals surface area contributed by atoms with Crippen molar-refractivity contribution >= 4 is 6.29 Å². The van der Waals surface area contributed by atoms with Gasteiger partial charge >= 0.3 is 0 Å². The first-order valence-corrected chi connectivity index (χ1v) is 12.5. The zero-order valence-corrected chi connectivity index (χ0v) is 21.1. The topological polar surface area (TPSA) is 41.6 Å². The minimum Gasteiger partial charge on any atom is -0.380 e. The number of benzene rings is 1. The minimum absolute atomic E-state index is 0.481. The predicted octanol–water partition coefficient (Wildman–Crippen LogP) is 6.10. The molecular weight excluding hydrogens is 408 g/mol. The maximum absolute atomic E-state index is 11.3. The molecule has 180 valence electrons. The summed E-state index contributed by atoms with van der Waals surface area (Å²) in [6.45, 7) is 17.7. The minimum atomic E-state index is 0.481. The Labute approximate surface area is 200 Å². The number of allylic oxidation sites excluding steroid dienone is 4. The summed E-state index contributed by atoms with van der Waals surface area (Å²) in [5.74, 6) is 0.576. The van der Waals surface area contributed by atoms with Gasteiger partial charge in [0.2, 0.25) is 0 Å². The van der Waals surface area contributed by atoms with Crippen LogP contribution in [0.15, 0.2) is 47.8 Å². The number of rotatable bonds is 11. The van der Waals surface area contributed by atoms with E-state index in [-0.39, 0.29) is 0 Å². The van der Waals surface area contributed by atoms with E-state index in [4.69, 9.17) is 4.74 Å². The molecule has 2 aliphatic carbocycles. The number of nitrogens with zero attached hydrogens (tertiary/aromatic N) is 1. The Morgan fingerprint density at radius 1 is 1.21 bits per heavy atom. The van der Waals surface area contributed by atoms with E-state index in [1.165, 1.54) is 59.4 Å². The van der Waals surface area contributed by atoms with Crippen molar-refractivity contribution in [3.05, 3.63) is 70.1 Å². The van der Waals surface area contributed by atoms with Crippen LogP contribution in [0, 0.1) is 12.8 Å². The van der Waals surface area contributed by atoms with Gasteiger partial charge in [-0.2, -0.15) is 0 Å². The SMILES string of the molecule is C=C1CCC(N(CC)C(=C)C2CCC(NCCc3ccc(C=O)c(COC)c3C)CC2)=C1C. The molecule has 0 radical (unpaired) electrons. The number of carbonyl (C=O) groups excluding carboxylic acids is 1. The van der Waals surface area contributed by atoms with E-state index >= 15 is 0 Å². The third-order valence-corrected chi connectivity index (χ3v) is 7.80. The first-order valence-electron chi connectivity index (χ1n) is 12.5. The van der Waals surface area contributed by atoms with Crippen LogP contribution in [0.5, 0.6) is 0 Å². The second kappa shape index (κ2) is 11.8. The molecular formula is C29H42N2O2. The van der Waals surface area contributed by atoms with Gasteiger partial charge in [-0.15, -0.1) is 0 Å². The number of hydrogen-bond acceptors (Lipinski definition) is 4. The average molecular weight is 451 g/mol. The number of hydrogen-bond donors (Lipinski definition) is 1. The van der Waals surface area contributed by atoms with Gasteiger partial charge in [-0.25, -0.2) is 0 Å². The van der Waals surface area contributed by atoms with Gasteiger partial charge < -0.3 is 15.0 Å². The van der Waals surface area contributed by atoms with E-state index in [1.54, 1.807) is 7.11 Å². The van der Waals surface area contributed by atoms with Crippen LogP contribution in [0.1, 0.15) is 79.4 Å². The number of nitrogens with one attached hydrogen (secondary N) is 1. The summed E-state index contributed by atoms with van der Waals surface area (Å²) >= 11 is 0. The molecule has 1 fully saturated rings. The maximum atomic E-state index is 11.3. The number of carbonyl (C=O) groups is 1. The molecule has 0 amide bonds. The molecule has 1 N–H and O–H groups in total. The summed E-state index contributed by atoms with van der Waals surface area (Å²) in [5, 5.41) is 3.78. The van der Waals surface area contributed by atoms with E-state index in [1.807, 2.05) is 6.07 Å². The third kappa shape index (κ3) is 5.85.